The van der Waals surface area contributed by atoms with Crippen molar-refractivity contribution in [2.24, 2.45) is 11.8 Å². The predicted molar refractivity (Wildman–Crippen MR) is 95.0 cm³/mol. The van der Waals surface area contributed by atoms with E-state index in [0.29, 0.717) is 38.3 Å². The summed E-state index contributed by atoms with van der Waals surface area (Å²) in [5.74, 6) is -2.72. The van der Waals surface area contributed by atoms with Crippen LogP contribution in [0.15, 0.2) is 0 Å². The second-order valence-corrected chi connectivity index (χ2v) is 7.29. The highest BCUT2D eigenvalue weighted by molar-refractivity contribution is 5.92. The third kappa shape index (κ3) is 6.23. The van der Waals surface area contributed by atoms with Crippen LogP contribution >= 0.6 is 0 Å². The number of unbranched alkanes of at least 4 members (excludes halogenated alkanes) is 1. The molecule has 0 aliphatic carbocycles. The highest BCUT2D eigenvalue weighted by Gasteiger charge is 2.41. The Kier molecular flexibility index (Phi) is 9.54. The van der Waals surface area contributed by atoms with Gasteiger partial charge in [-0.1, -0.05) is 33.6 Å². The maximum absolute atomic E-state index is 14.4. The summed E-state index contributed by atoms with van der Waals surface area (Å²) in [6, 6.07) is -0.622. The van der Waals surface area contributed by atoms with Crippen LogP contribution in [0.5, 0.6) is 0 Å². The average Bonchev–Trinajstić information content (AvgIpc) is 3.10. The van der Waals surface area contributed by atoms with Crippen LogP contribution in [0.25, 0.3) is 0 Å². The van der Waals surface area contributed by atoms with E-state index in [0.717, 1.165) is 12.8 Å². The molecule has 1 rings (SSSR count). The van der Waals surface area contributed by atoms with E-state index in [1.807, 2.05) is 6.92 Å². The molecule has 8 heteroatoms. The van der Waals surface area contributed by atoms with Gasteiger partial charge in [0.15, 0.2) is 6.17 Å². The molecule has 0 spiro atoms. The van der Waals surface area contributed by atoms with E-state index in [2.05, 4.69) is 19.2 Å². The van der Waals surface area contributed by atoms with Crippen molar-refractivity contribution in [3.63, 3.8) is 0 Å². The zero-order valence-electron chi connectivity index (χ0n) is 16.0. The zero-order valence-corrected chi connectivity index (χ0v) is 16.0. The zero-order chi connectivity index (χ0) is 19.7. The Morgan fingerprint density at radius 2 is 1.96 bits per heavy atom. The Morgan fingerprint density at radius 3 is 2.54 bits per heavy atom. The van der Waals surface area contributed by atoms with Gasteiger partial charge in [0, 0.05) is 13.1 Å². The number of nitrogens with one attached hydrogen (secondary N) is 2. The predicted octanol–water partition coefficient (Wildman–Crippen LogP) is 1.79. The van der Waals surface area contributed by atoms with Crippen molar-refractivity contribution < 1.29 is 24.0 Å². The highest BCUT2D eigenvalue weighted by atomic mass is 19.1. The molecule has 1 aliphatic heterocycles. The van der Waals surface area contributed by atoms with Crippen molar-refractivity contribution >= 4 is 17.7 Å². The van der Waals surface area contributed by atoms with Gasteiger partial charge in [0.2, 0.25) is 11.8 Å². The van der Waals surface area contributed by atoms with Crippen molar-refractivity contribution in [1.82, 2.24) is 15.7 Å². The van der Waals surface area contributed by atoms with E-state index in [1.165, 1.54) is 10.4 Å². The second-order valence-electron chi connectivity index (χ2n) is 7.29. The minimum atomic E-state index is -2.13. The first-order chi connectivity index (χ1) is 12.3. The number of hydroxylamine groups is 1. The van der Waals surface area contributed by atoms with Gasteiger partial charge in [0.1, 0.15) is 6.04 Å². The Labute approximate surface area is 154 Å². The standard InChI is InChI=1S/C18H32FN3O4/c1-4-5-7-13(15(19)17(24)21-26)18(25)22-11-6-8-14(22)16(23)20-10-9-12(2)3/h12-15,26H,4-11H2,1-3H3,(H,20,23)(H,21,24). The van der Waals surface area contributed by atoms with E-state index >= 15 is 0 Å². The summed E-state index contributed by atoms with van der Waals surface area (Å²) in [7, 11) is 0. The Morgan fingerprint density at radius 1 is 1.27 bits per heavy atom. The largest absolute Gasteiger partial charge is 0.354 e. The van der Waals surface area contributed by atoms with Crippen molar-refractivity contribution in [2.45, 2.75) is 71.5 Å². The van der Waals surface area contributed by atoms with Gasteiger partial charge in [-0.2, -0.15) is 0 Å². The lowest BCUT2D eigenvalue weighted by atomic mass is 9.94. The van der Waals surface area contributed by atoms with Crippen molar-refractivity contribution in [1.29, 1.82) is 0 Å². The summed E-state index contributed by atoms with van der Waals surface area (Å²) < 4.78 is 14.4. The molecule has 1 fully saturated rings. The number of halogens is 1. The van der Waals surface area contributed by atoms with Crippen molar-refractivity contribution in [3.05, 3.63) is 0 Å². The first-order valence-corrected chi connectivity index (χ1v) is 9.49. The van der Waals surface area contributed by atoms with Crippen LogP contribution in [-0.4, -0.2) is 53.1 Å². The molecule has 7 nitrogen and oxygen atoms in total. The molecule has 3 unspecified atom stereocenters. The van der Waals surface area contributed by atoms with E-state index < -0.39 is 29.9 Å². The molecular formula is C18H32FN3O4. The molecule has 26 heavy (non-hydrogen) atoms. The fourth-order valence-electron chi connectivity index (χ4n) is 3.18. The van der Waals surface area contributed by atoms with Crippen LogP contribution in [-0.2, 0) is 14.4 Å². The Hall–Kier alpha value is -1.70. The SMILES string of the molecule is CCCCC(C(=O)N1CCCC1C(=O)NCCC(C)C)C(F)C(=O)NO. The maximum Gasteiger partial charge on any atom is 0.278 e. The molecule has 1 aliphatic rings. The topological polar surface area (TPSA) is 98.7 Å². The number of hydrogen-bond acceptors (Lipinski definition) is 4. The van der Waals surface area contributed by atoms with Gasteiger partial charge in [-0.25, -0.2) is 9.87 Å². The van der Waals surface area contributed by atoms with Crippen LogP contribution < -0.4 is 10.8 Å². The third-order valence-corrected chi connectivity index (χ3v) is 4.76. The molecule has 0 aromatic heterocycles. The smallest absolute Gasteiger partial charge is 0.278 e. The van der Waals surface area contributed by atoms with Gasteiger partial charge in [-0.15, -0.1) is 0 Å². The molecule has 150 valence electrons. The number of rotatable bonds is 10. The lowest BCUT2D eigenvalue weighted by Crippen LogP contribution is -2.51. The van der Waals surface area contributed by atoms with Crippen LogP contribution in [0, 0.1) is 11.8 Å². The van der Waals surface area contributed by atoms with Gasteiger partial charge < -0.3 is 10.2 Å². The second kappa shape index (κ2) is 11.1. The van der Waals surface area contributed by atoms with Crippen LogP contribution in [0.1, 0.15) is 59.3 Å². The number of amides is 3. The summed E-state index contributed by atoms with van der Waals surface area (Å²) in [6.45, 7) is 6.93. The van der Waals surface area contributed by atoms with Crippen molar-refractivity contribution in [3.8, 4) is 0 Å². The molecule has 3 N–H and O–H groups in total. The van der Waals surface area contributed by atoms with Gasteiger partial charge >= 0.3 is 0 Å². The summed E-state index contributed by atoms with van der Waals surface area (Å²) in [5.41, 5.74) is 1.28. The van der Waals surface area contributed by atoms with E-state index in [1.54, 1.807) is 0 Å². The van der Waals surface area contributed by atoms with E-state index in [-0.39, 0.29) is 12.3 Å². The van der Waals surface area contributed by atoms with E-state index in [9.17, 15) is 18.8 Å². The first kappa shape index (κ1) is 22.3. The Bertz CT molecular complexity index is 487. The van der Waals surface area contributed by atoms with Crippen molar-refractivity contribution in [2.75, 3.05) is 13.1 Å². The summed E-state index contributed by atoms with van der Waals surface area (Å²) >= 11 is 0. The molecule has 0 aromatic carbocycles. The fourth-order valence-corrected chi connectivity index (χ4v) is 3.18. The normalized spacial score (nSPS) is 19.3. The molecule has 1 saturated heterocycles. The molecule has 0 radical (unpaired) electrons. The number of likely N-dealkylation sites (tertiary alicyclic amines) is 1. The molecule has 3 amide bonds. The highest BCUT2D eigenvalue weighted by Crippen LogP contribution is 2.25. The maximum atomic E-state index is 14.4. The van der Waals surface area contributed by atoms with Gasteiger partial charge in [0.05, 0.1) is 5.92 Å². The lowest BCUT2D eigenvalue weighted by Gasteiger charge is -2.29. The van der Waals surface area contributed by atoms with Gasteiger partial charge in [0.25, 0.3) is 5.91 Å². The van der Waals surface area contributed by atoms with Gasteiger partial charge in [-0.3, -0.25) is 19.6 Å². The quantitative estimate of drug-likeness (QED) is 0.402. The molecular weight excluding hydrogens is 341 g/mol. The van der Waals surface area contributed by atoms with Gasteiger partial charge in [-0.05, 0) is 31.6 Å². The number of alkyl halides is 1. The average molecular weight is 373 g/mol. The number of carbonyl (C=O) groups excluding carboxylic acids is 3. The van der Waals surface area contributed by atoms with Crippen LogP contribution in [0.4, 0.5) is 4.39 Å². The van der Waals surface area contributed by atoms with Crippen LogP contribution in [0.2, 0.25) is 0 Å². The molecule has 1 heterocycles. The molecule has 0 aromatic rings. The molecule has 0 saturated carbocycles. The van der Waals surface area contributed by atoms with Crippen LogP contribution in [0.3, 0.4) is 0 Å². The summed E-state index contributed by atoms with van der Waals surface area (Å²) in [4.78, 5) is 38.1. The minimum Gasteiger partial charge on any atom is -0.354 e. The van der Waals surface area contributed by atoms with E-state index in [4.69, 9.17) is 5.21 Å². The monoisotopic (exact) mass is 373 g/mol. The lowest BCUT2D eigenvalue weighted by molar-refractivity contribution is -0.149. The number of carbonyl (C=O) groups is 3. The minimum absolute atomic E-state index is 0.197. The molecule has 0 bridgehead atoms. The summed E-state index contributed by atoms with van der Waals surface area (Å²) in [6.07, 6.45) is 1.42. The summed E-state index contributed by atoms with van der Waals surface area (Å²) in [5, 5.41) is 11.5. The molecule has 3 atom stereocenters. The fraction of sp³-hybridized carbons (Fsp3) is 0.833. The number of nitrogens with zero attached hydrogens (tertiary/aromatic N) is 1. The Balaban J connectivity index is 2.80. The number of hydrogen-bond donors (Lipinski definition) is 3. The third-order valence-electron chi connectivity index (χ3n) is 4.76. The first-order valence-electron chi connectivity index (χ1n) is 9.49.